The molecular formula is C28H23N3O2. The molecule has 3 heterocycles. The van der Waals surface area contributed by atoms with E-state index in [9.17, 15) is 9.59 Å². The van der Waals surface area contributed by atoms with Crippen LogP contribution in [0.25, 0.3) is 21.8 Å². The van der Waals surface area contributed by atoms with E-state index in [0.717, 1.165) is 44.3 Å². The molecule has 1 aliphatic rings. The fourth-order valence-electron chi connectivity index (χ4n) is 5.22. The average molecular weight is 434 g/mol. The molecule has 0 saturated heterocycles. The number of aromatic amines is 2. The number of para-hydroxylation sites is 2. The fourth-order valence-corrected chi connectivity index (χ4v) is 5.22. The Hall–Kier alpha value is -4.12. The van der Waals surface area contributed by atoms with Crippen LogP contribution < -0.4 is 0 Å². The summed E-state index contributed by atoms with van der Waals surface area (Å²) in [5.41, 5.74) is 7.34. The summed E-state index contributed by atoms with van der Waals surface area (Å²) < 4.78 is 0. The maximum atomic E-state index is 13.2. The van der Waals surface area contributed by atoms with Crippen LogP contribution in [-0.2, 0) is 0 Å². The fraction of sp³-hybridized carbons (Fsp3) is 0.143. The molecule has 6 rings (SSSR count). The highest BCUT2D eigenvalue weighted by Crippen LogP contribution is 2.37. The van der Waals surface area contributed by atoms with Crippen molar-refractivity contribution < 1.29 is 9.59 Å². The first-order valence-electron chi connectivity index (χ1n) is 11.1. The molecule has 33 heavy (non-hydrogen) atoms. The Labute approximate surface area is 191 Å². The lowest BCUT2D eigenvalue weighted by Gasteiger charge is -2.23. The van der Waals surface area contributed by atoms with Gasteiger partial charge in [0.15, 0.2) is 0 Å². The molecule has 0 radical (unpaired) electrons. The zero-order valence-corrected chi connectivity index (χ0v) is 18.5. The quantitative estimate of drug-likeness (QED) is 0.357. The second-order valence-electron chi connectivity index (χ2n) is 8.74. The van der Waals surface area contributed by atoms with Crippen LogP contribution in [0.4, 0.5) is 0 Å². The number of carbonyl (C=O) groups is 2. The third kappa shape index (κ3) is 2.85. The first-order chi connectivity index (χ1) is 16.0. The van der Waals surface area contributed by atoms with Crippen molar-refractivity contribution in [3.63, 3.8) is 0 Å². The molecule has 0 aliphatic carbocycles. The standard InChI is InChI=1S/C28H23N3O2/c1-16-18-9-5-7-13-23(18)29-25(16)22(26-17(2)19-10-6-8-14-24(19)30-26)15-31-27(32)20-11-3-4-12-21(20)28(31)33/h3-14,22,29-30H,15H2,1-2H3. The van der Waals surface area contributed by atoms with Gasteiger partial charge < -0.3 is 9.97 Å². The lowest BCUT2D eigenvalue weighted by atomic mass is 9.94. The minimum absolute atomic E-state index is 0.216. The molecule has 0 saturated carbocycles. The van der Waals surface area contributed by atoms with Crippen LogP contribution in [0.5, 0.6) is 0 Å². The third-order valence-electron chi connectivity index (χ3n) is 6.95. The first kappa shape index (κ1) is 19.6. The first-order valence-corrected chi connectivity index (χ1v) is 11.1. The van der Waals surface area contributed by atoms with E-state index in [1.165, 1.54) is 4.90 Å². The second kappa shape index (κ2) is 7.20. The molecule has 162 valence electrons. The van der Waals surface area contributed by atoms with E-state index in [1.807, 2.05) is 24.3 Å². The number of fused-ring (bicyclic) bond motifs is 3. The molecule has 5 heteroatoms. The summed E-state index contributed by atoms with van der Waals surface area (Å²) in [5.74, 6) is -0.682. The van der Waals surface area contributed by atoms with Gasteiger partial charge in [-0.05, 0) is 49.2 Å². The van der Waals surface area contributed by atoms with Crippen LogP contribution in [0, 0.1) is 13.8 Å². The zero-order chi connectivity index (χ0) is 22.7. The Morgan fingerprint density at radius 1 is 0.667 bits per heavy atom. The number of rotatable bonds is 4. The minimum Gasteiger partial charge on any atom is -0.358 e. The Balaban J connectivity index is 1.52. The lowest BCUT2D eigenvalue weighted by Crippen LogP contribution is -2.34. The number of hydrogen-bond donors (Lipinski definition) is 2. The van der Waals surface area contributed by atoms with Gasteiger partial charge in [-0.25, -0.2) is 0 Å². The molecule has 5 aromatic rings. The van der Waals surface area contributed by atoms with Gasteiger partial charge in [0.25, 0.3) is 11.8 Å². The van der Waals surface area contributed by atoms with Gasteiger partial charge in [0.05, 0.1) is 17.0 Å². The van der Waals surface area contributed by atoms with Gasteiger partial charge in [-0.2, -0.15) is 0 Å². The number of nitrogens with one attached hydrogen (secondary N) is 2. The van der Waals surface area contributed by atoms with Crippen molar-refractivity contribution in [3.8, 4) is 0 Å². The predicted octanol–water partition coefficient (Wildman–Crippen LogP) is 5.69. The molecule has 1 aliphatic heterocycles. The smallest absolute Gasteiger partial charge is 0.261 e. The van der Waals surface area contributed by atoms with Crippen LogP contribution in [0.2, 0.25) is 0 Å². The van der Waals surface area contributed by atoms with Gasteiger partial charge >= 0.3 is 0 Å². The molecule has 0 bridgehead atoms. The summed E-state index contributed by atoms with van der Waals surface area (Å²) in [6.07, 6.45) is 0. The molecule has 2 amide bonds. The van der Waals surface area contributed by atoms with Gasteiger partial charge in [-0.3, -0.25) is 14.5 Å². The summed E-state index contributed by atoms with van der Waals surface area (Å²) in [6.45, 7) is 4.46. The van der Waals surface area contributed by atoms with E-state index >= 15 is 0 Å². The molecule has 2 N–H and O–H groups in total. The normalized spacial score (nSPS) is 13.6. The SMILES string of the molecule is Cc1c(C(CN2C(=O)c3ccccc3C2=O)c2[nH]c3ccccc3c2C)[nH]c2ccccc12. The van der Waals surface area contributed by atoms with Crippen molar-refractivity contribution in [2.24, 2.45) is 0 Å². The number of nitrogens with zero attached hydrogens (tertiary/aromatic N) is 1. The van der Waals surface area contributed by atoms with Gasteiger partial charge in [0.1, 0.15) is 0 Å². The largest absolute Gasteiger partial charge is 0.358 e. The minimum atomic E-state index is -0.233. The van der Waals surface area contributed by atoms with Gasteiger partial charge in [0, 0.05) is 39.7 Å². The molecular weight excluding hydrogens is 410 g/mol. The number of benzene rings is 3. The average Bonchev–Trinajstić information content (AvgIpc) is 3.44. The maximum absolute atomic E-state index is 13.2. The predicted molar refractivity (Wildman–Crippen MR) is 130 cm³/mol. The highest BCUT2D eigenvalue weighted by atomic mass is 16.2. The summed E-state index contributed by atoms with van der Waals surface area (Å²) in [5, 5.41) is 2.29. The zero-order valence-electron chi connectivity index (χ0n) is 18.5. The topological polar surface area (TPSA) is 69.0 Å². The molecule has 5 nitrogen and oxygen atoms in total. The highest BCUT2D eigenvalue weighted by molar-refractivity contribution is 6.21. The van der Waals surface area contributed by atoms with Gasteiger partial charge in [-0.1, -0.05) is 48.5 Å². The van der Waals surface area contributed by atoms with Crippen LogP contribution in [0.1, 0.15) is 49.1 Å². The number of aryl methyl sites for hydroxylation is 2. The number of hydrogen-bond acceptors (Lipinski definition) is 2. The van der Waals surface area contributed by atoms with Crippen molar-refractivity contribution in [1.82, 2.24) is 14.9 Å². The van der Waals surface area contributed by atoms with E-state index in [0.29, 0.717) is 11.1 Å². The van der Waals surface area contributed by atoms with E-state index in [1.54, 1.807) is 24.3 Å². The number of carbonyl (C=O) groups excluding carboxylic acids is 2. The summed E-state index contributed by atoms with van der Waals surface area (Å²) in [6, 6.07) is 23.4. The van der Waals surface area contributed by atoms with E-state index < -0.39 is 0 Å². The molecule has 3 aromatic carbocycles. The van der Waals surface area contributed by atoms with Gasteiger partial charge in [0.2, 0.25) is 0 Å². The van der Waals surface area contributed by atoms with E-state index in [2.05, 4.69) is 48.1 Å². The van der Waals surface area contributed by atoms with Crippen molar-refractivity contribution >= 4 is 33.6 Å². The highest BCUT2D eigenvalue weighted by Gasteiger charge is 2.38. The molecule has 0 spiro atoms. The number of amides is 2. The second-order valence-corrected chi connectivity index (χ2v) is 8.74. The van der Waals surface area contributed by atoms with Crippen LogP contribution in [0.3, 0.4) is 0 Å². The number of H-pyrrole nitrogens is 2. The molecule has 2 aromatic heterocycles. The van der Waals surface area contributed by atoms with Crippen molar-refractivity contribution in [2.75, 3.05) is 6.54 Å². The van der Waals surface area contributed by atoms with E-state index in [-0.39, 0.29) is 24.3 Å². The van der Waals surface area contributed by atoms with Crippen molar-refractivity contribution in [3.05, 3.63) is 106 Å². The third-order valence-corrected chi connectivity index (χ3v) is 6.95. The van der Waals surface area contributed by atoms with Crippen LogP contribution in [0.15, 0.2) is 72.8 Å². The summed E-state index contributed by atoms with van der Waals surface area (Å²) >= 11 is 0. The maximum Gasteiger partial charge on any atom is 0.261 e. The molecule has 0 unspecified atom stereocenters. The Kier molecular flexibility index (Phi) is 4.27. The van der Waals surface area contributed by atoms with Crippen LogP contribution >= 0.6 is 0 Å². The summed E-state index contributed by atoms with van der Waals surface area (Å²) in [7, 11) is 0. The van der Waals surface area contributed by atoms with Crippen molar-refractivity contribution in [2.45, 2.75) is 19.8 Å². The monoisotopic (exact) mass is 433 g/mol. The van der Waals surface area contributed by atoms with Crippen molar-refractivity contribution in [1.29, 1.82) is 0 Å². The molecule has 0 atom stereocenters. The van der Waals surface area contributed by atoms with E-state index in [4.69, 9.17) is 0 Å². The number of imide groups is 1. The Morgan fingerprint density at radius 2 is 1.09 bits per heavy atom. The number of aromatic nitrogens is 2. The molecule has 0 fully saturated rings. The van der Waals surface area contributed by atoms with Gasteiger partial charge in [-0.15, -0.1) is 0 Å². The lowest BCUT2D eigenvalue weighted by molar-refractivity contribution is 0.0648. The summed E-state index contributed by atoms with van der Waals surface area (Å²) in [4.78, 5) is 35.0. The Bertz CT molecular complexity index is 1460. The Morgan fingerprint density at radius 3 is 1.55 bits per heavy atom. The van der Waals surface area contributed by atoms with Crippen LogP contribution in [-0.4, -0.2) is 33.2 Å².